The molecule has 0 aliphatic rings. The van der Waals surface area contributed by atoms with Crippen LogP contribution in [-0.4, -0.2) is 10.9 Å². The van der Waals surface area contributed by atoms with Crippen LogP contribution in [0.5, 0.6) is 0 Å². The van der Waals surface area contributed by atoms with E-state index in [-0.39, 0.29) is 0 Å². The Kier molecular flexibility index (Phi) is 2.74. The third-order valence-electron chi connectivity index (χ3n) is 0.829. The molecule has 3 heteroatoms. The molecule has 0 unspecified atom stereocenters. The molecule has 0 saturated carbocycles. The van der Waals surface area contributed by atoms with Crippen LogP contribution in [0.3, 0.4) is 0 Å². The first-order valence-electron chi connectivity index (χ1n) is 2.54. The molecule has 9 heavy (non-hydrogen) atoms. The lowest BCUT2D eigenvalue weighted by Gasteiger charge is -1.76. The Morgan fingerprint density at radius 3 is 3.22 bits per heavy atom. The minimum atomic E-state index is 0.553. The zero-order valence-electron chi connectivity index (χ0n) is 4.75. The minimum Gasteiger partial charge on any atom is -0.245 e. The lowest BCUT2D eigenvalue weighted by molar-refractivity contribution is 1.38. The summed E-state index contributed by atoms with van der Waals surface area (Å²) in [6.07, 6.45) is 3.78. The highest BCUT2D eigenvalue weighted by Gasteiger charge is 1.83. The Morgan fingerprint density at radius 1 is 1.78 bits per heavy atom. The van der Waals surface area contributed by atoms with Crippen LogP contribution in [0.15, 0.2) is 17.0 Å². The van der Waals surface area contributed by atoms with E-state index in [9.17, 15) is 0 Å². The summed E-state index contributed by atoms with van der Waals surface area (Å²) < 4.78 is 0. The second-order valence-electron chi connectivity index (χ2n) is 1.47. The number of allylic oxidation sites excluding steroid dienone is 1. The molecule has 0 fully saturated rings. The van der Waals surface area contributed by atoms with E-state index in [0.29, 0.717) is 5.88 Å². The molecule has 0 radical (unpaired) electrons. The molecule has 0 amide bonds. The van der Waals surface area contributed by atoms with Crippen LogP contribution in [0.1, 0.15) is 5.69 Å². The van der Waals surface area contributed by atoms with Gasteiger partial charge in [-0.15, -0.1) is 22.9 Å². The summed E-state index contributed by atoms with van der Waals surface area (Å²) in [5.41, 5.74) is 2.79. The Balaban J connectivity index is 2.57. The average molecular weight is 160 g/mol. The van der Waals surface area contributed by atoms with E-state index in [4.69, 9.17) is 11.6 Å². The van der Waals surface area contributed by atoms with Gasteiger partial charge < -0.3 is 0 Å². The summed E-state index contributed by atoms with van der Waals surface area (Å²) in [6, 6.07) is 0. The van der Waals surface area contributed by atoms with Crippen molar-refractivity contribution >= 4 is 29.0 Å². The van der Waals surface area contributed by atoms with Gasteiger partial charge in [0.15, 0.2) is 0 Å². The Hall–Kier alpha value is -0.340. The van der Waals surface area contributed by atoms with Crippen molar-refractivity contribution in [3.63, 3.8) is 0 Å². The quantitative estimate of drug-likeness (QED) is 0.604. The molecule has 0 aliphatic heterocycles. The fraction of sp³-hybridized carbons (Fsp3) is 0.167. The molecular weight excluding hydrogens is 154 g/mol. The van der Waals surface area contributed by atoms with E-state index in [2.05, 4.69) is 4.98 Å². The maximum atomic E-state index is 5.41. The molecule has 48 valence electrons. The van der Waals surface area contributed by atoms with Crippen LogP contribution >= 0.6 is 22.9 Å². The fourth-order valence-corrected chi connectivity index (χ4v) is 1.08. The van der Waals surface area contributed by atoms with Crippen molar-refractivity contribution in [2.24, 2.45) is 0 Å². The number of alkyl halides is 1. The van der Waals surface area contributed by atoms with Crippen LogP contribution in [0.4, 0.5) is 0 Å². The van der Waals surface area contributed by atoms with Crippen LogP contribution < -0.4 is 0 Å². The first kappa shape index (κ1) is 6.78. The van der Waals surface area contributed by atoms with Gasteiger partial charge >= 0.3 is 0 Å². The van der Waals surface area contributed by atoms with E-state index in [1.54, 1.807) is 16.8 Å². The molecule has 0 aromatic carbocycles. The number of hydrogen-bond donors (Lipinski definition) is 0. The molecule has 0 N–H and O–H groups in total. The number of aromatic nitrogens is 1. The van der Waals surface area contributed by atoms with Crippen molar-refractivity contribution in [2.45, 2.75) is 0 Å². The van der Waals surface area contributed by atoms with Gasteiger partial charge in [-0.2, -0.15) is 0 Å². The van der Waals surface area contributed by atoms with Crippen LogP contribution in [0, 0.1) is 0 Å². The van der Waals surface area contributed by atoms with E-state index < -0.39 is 0 Å². The van der Waals surface area contributed by atoms with Gasteiger partial charge in [-0.25, -0.2) is 4.98 Å². The summed E-state index contributed by atoms with van der Waals surface area (Å²) in [5, 5.41) is 1.98. The molecule has 1 heterocycles. The van der Waals surface area contributed by atoms with Crippen molar-refractivity contribution in [3.05, 3.63) is 22.7 Å². The lowest BCUT2D eigenvalue weighted by atomic mass is 10.4. The molecule has 1 nitrogen and oxygen atoms in total. The number of thiazole rings is 1. The maximum absolute atomic E-state index is 5.41. The maximum Gasteiger partial charge on any atom is 0.0798 e. The highest BCUT2D eigenvalue weighted by Crippen LogP contribution is 2.02. The summed E-state index contributed by atoms with van der Waals surface area (Å²) in [5.74, 6) is 0.553. The van der Waals surface area contributed by atoms with Gasteiger partial charge in [0.25, 0.3) is 0 Å². The molecule has 0 spiro atoms. The fourth-order valence-electron chi connectivity index (χ4n) is 0.469. The van der Waals surface area contributed by atoms with Crippen LogP contribution in [0.2, 0.25) is 0 Å². The third-order valence-corrected chi connectivity index (χ3v) is 1.61. The lowest BCUT2D eigenvalue weighted by Crippen LogP contribution is -1.66. The predicted octanol–water partition coefficient (Wildman–Crippen LogP) is 2.40. The van der Waals surface area contributed by atoms with Gasteiger partial charge in [0.1, 0.15) is 0 Å². The average Bonchev–Trinajstić information content (AvgIpc) is 2.34. The third kappa shape index (κ3) is 2.16. The molecule has 1 rings (SSSR count). The zero-order chi connectivity index (χ0) is 6.53. The molecule has 0 atom stereocenters. The molecule has 0 bridgehead atoms. The first-order chi connectivity index (χ1) is 4.43. The van der Waals surface area contributed by atoms with Gasteiger partial charge in [0, 0.05) is 11.3 Å². The van der Waals surface area contributed by atoms with E-state index in [0.717, 1.165) is 5.69 Å². The topological polar surface area (TPSA) is 12.9 Å². The minimum absolute atomic E-state index is 0.553. The standard InChI is InChI=1S/C6H6ClNS/c7-3-1-2-6-4-9-5-8-6/h1-2,4-5H,3H2/b2-1+. The van der Waals surface area contributed by atoms with Crippen molar-refractivity contribution < 1.29 is 0 Å². The summed E-state index contributed by atoms with van der Waals surface area (Å²) >= 11 is 6.99. The Morgan fingerprint density at radius 2 is 2.67 bits per heavy atom. The van der Waals surface area contributed by atoms with Gasteiger partial charge in [0.05, 0.1) is 11.2 Å². The zero-order valence-corrected chi connectivity index (χ0v) is 6.32. The van der Waals surface area contributed by atoms with Crippen molar-refractivity contribution in [3.8, 4) is 0 Å². The predicted molar refractivity (Wildman–Crippen MR) is 41.9 cm³/mol. The van der Waals surface area contributed by atoms with Crippen molar-refractivity contribution in [2.75, 3.05) is 5.88 Å². The van der Waals surface area contributed by atoms with E-state index in [1.165, 1.54) is 0 Å². The monoisotopic (exact) mass is 159 g/mol. The summed E-state index contributed by atoms with van der Waals surface area (Å²) in [6.45, 7) is 0. The van der Waals surface area contributed by atoms with Gasteiger partial charge in [-0.05, 0) is 6.08 Å². The molecule has 0 aliphatic carbocycles. The normalized spacial score (nSPS) is 10.8. The summed E-state index contributed by atoms with van der Waals surface area (Å²) in [4.78, 5) is 4.03. The Labute approximate surface area is 63.0 Å². The van der Waals surface area contributed by atoms with Crippen LogP contribution in [-0.2, 0) is 0 Å². The van der Waals surface area contributed by atoms with Crippen molar-refractivity contribution in [1.29, 1.82) is 0 Å². The van der Waals surface area contributed by atoms with Crippen molar-refractivity contribution in [1.82, 2.24) is 4.98 Å². The SMILES string of the molecule is ClC/C=C/c1cscn1. The largest absolute Gasteiger partial charge is 0.245 e. The molecule has 1 aromatic rings. The second kappa shape index (κ2) is 3.64. The number of halogens is 1. The molecule has 0 saturated heterocycles. The highest BCUT2D eigenvalue weighted by molar-refractivity contribution is 7.07. The highest BCUT2D eigenvalue weighted by atomic mass is 35.5. The van der Waals surface area contributed by atoms with E-state index in [1.807, 2.05) is 17.5 Å². The number of rotatable bonds is 2. The molecular formula is C6H6ClNS. The second-order valence-corrected chi connectivity index (χ2v) is 2.50. The van der Waals surface area contributed by atoms with Gasteiger partial charge in [-0.3, -0.25) is 0 Å². The smallest absolute Gasteiger partial charge is 0.0798 e. The van der Waals surface area contributed by atoms with E-state index >= 15 is 0 Å². The van der Waals surface area contributed by atoms with Gasteiger partial charge in [0.2, 0.25) is 0 Å². The van der Waals surface area contributed by atoms with Crippen LogP contribution in [0.25, 0.3) is 6.08 Å². The van der Waals surface area contributed by atoms with Gasteiger partial charge in [-0.1, -0.05) is 6.08 Å². The number of hydrogen-bond acceptors (Lipinski definition) is 2. The molecule has 1 aromatic heterocycles. The number of nitrogens with zero attached hydrogens (tertiary/aromatic N) is 1. The summed E-state index contributed by atoms with van der Waals surface area (Å²) in [7, 11) is 0. The Bertz CT molecular complexity index is 181. The first-order valence-corrected chi connectivity index (χ1v) is 4.02.